The minimum absolute atomic E-state index is 0.0196. The molecule has 0 aliphatic carbocycles. The van der Waals surface area contributed by atoms with Gasteiger partial charge in [0.05, 0.1) is 11.3 Å². The molecule has 9 heteroatoms. The van der Waals surface area contributed by atoms with Crippen LogP contribution in [-0.2, 0) is 0 Å². The van der Waals surface area contributed by atoms with Gasteiger partial charge in [0.15, 0.2) is 0 Å². The number of hydrogen-bond donors (Lipinski definition) is 5. The van der Waals surface area contributed by atoms with E-state index in [1.165, 1.54) is 18.2 Å². The molecule has 0 fully saturated rings. The summed E-state index contributed by atoms with van der Waals surface area (Å²) in [6.45, 7) is 0. The average molecular weight is 396 g/mol. The van der Waals surface area contributed by atoms with E-state index in [-0.39, 0.29) is 17.0 Å². The number of hydrogen-bond acceptors (Lipinski definition) is 4. The molecule has 4 aromatic rings. The minimum Gasteiger partial charge on any atom is -0.507 e. The number of phenolic OH excluding ortho intramolecular Hbond substituents is 1. The number of carbonyl (C=O) groups excluding carboxylic acids is 2. The monoisotopic (exact) mass is 395 g/mol. The highest BCUT2D eigenvalue weighted by atomic mass is 35.5. The molecular formula is C19H14ClN5O3. The number of phenols is 1. The van der Waals surface area contributed by atoms with Crippen molar-refractivity contribution in [3.8, 4) is 17.0 Å². The third kappa shape index (κ3) is 3.28. The molecule has 0 saturated heterocycles. The Morgan fingerprint density at radius 1 is 1.04 bits per heavy atom. The van der Waals surface area contributed by atoms with Crippen LogP contribution in [0.1, 0.15) is 20.8 Å². The molecule has 140 valence electrons. The van der Waals surface area contributed by atoms with Crippen molar-refractivity contribution in [3.05, 3.63) is 71.0 Å². The maximum Gasteiger partial charge on any atom is 0.287 e. The van der Waals surface area contributed by atoms with E-state index < -0.39 is 11.8 Å². The van der Waals surface area contributed by atoms with Crippen LogP contribution >= 0.6 is 11.6 Å². The van der Waals surface area contributed by atoms with Crippen molar-refractivity contribution in [3.63, 3.8) is 0 Å². The van der Waals surface area contributed by atoms with Crippen LogP contribution in [0.2, 0.25) is 5.02 Å². The van der Waals surface area contributed by atoms with Crippen molar-refractivity contribution >= 4 is 34.3 Å². The number of aromatic nitrogens is 3. The maximum absolute atomic E-state index is 12.3. The second kappa shape index (κ2) is 7.09. The summed E-state index contributed by atoms with van der Waals surface area (Å²) in [5, 5.41) is 17.8. The number of H-pyrrole nitrogens is 2. The van der Waals surface area contributed by atoms with Crippen LogP contribution in [0.5, 0.6) is 5.75 Å². The Hall–Kier alpha value is -3.78. The Balaban J connectivity index is 1.47. The molecule has 0 unspecified atom stereocenters. The zero-order valence-electron chi connectivity index (χ0n) is 14.3. The maximum atomic E-state index is 12.3. The van der Waals surface area contributed by atoms with Gasteiger partial charge in [0.25, 0.3) is 11.8 Å². The van der Waals surface area contributed by atoms with E-state index in [2.05, 4.69) is 26.0 Å². The number of fused-ring (bicyclic) bond motifs is 1. The molecule has 0 aliphatic heterocycles. The normalized spacial score (nSPS) is 10.8. The molecule has 0 aliphatic rings. The van der Waals surface area contributed by atoms with Gasteiger partial charge in [-0.3, -0.25) is 25.5 Å². The number of amides is 2. The minimum atomic E-state index is -0.682. The lowest BCUT2D eigenvalue weighted by atomic mass is 10.1. The van der Waals surface area contributed by atoms with Crippen molar-refractivity contribution in [1.82, 2.24) is 26.0 Å². The van der Waals surface area contributed by atoms with Gasteiger partial charge in [-0.25, -0.2) is 0 Å². The summed E-state index contributed by atoms with van der Waals surface area (Å²) in [5.41, 5.74) is 7.05. The smallest absolute Gasteiger partial charge is 0.287 e. The Morgan fingerprint density at radius 3 is 2.64 bits per heavy atom. The number of para-hydroxylation sites is 1. The molecule has 0 radical (unpaired) electrons. The molecule has 4 rings (SSSR count). The highest BCUT2D eigenvalue weighted by molar-refractivity contribution is 6.30. The molecule has 0 bridgehead atoms. The summed E-state index contributed by atoms with van der Waals surface area (Å²) in [6.07, 6.45) is 1.81. The average Bonchev–Trinajstić information content (AvgIpc) is 3.32. The lowest BCUT2D eigenvalue weighted by molar-refractivity contribution is 0.0842. The van der Waals surface area contributed by atoms with Gasteiger partial charge in [0, 0.05) is 27.7 Å². The fourth-order valence-electron chi connectivity index (χ4n) is 2.80. The lowest BCUT2D eigenvalue weighted by Gasteiger charge is -2.07. The first-order valence-electron chi connectivity index (χ1n) is 8.24. The second-order valence-corrected chi connectivity index (χ2v) is 6.42. The lowest BCUT2D eigenvalue weighted by Crippen LogP contribution is -2.41. The van der Waals surface area contributed by atoms with Crippen LogP contribution in [0.15, 0.2) is 54.7 Å². The van der Waals surface area contributed by atoms with Crippen molar-refractivity contribution in [1.29, 1.82) is 0 Å². The quantitative estimate of drug-likeness (QED) is 0.342. The fraction of sp³-hybridized carbons (Fsp3) is 0. The molecule has 2 amide bonds. The summed E-state index contributed by atoms with van der Waals surface area (Å²) < 4.78 is 0. The first kappa shape index (κ1) is 17.6. The first-order chi connectivity index (χ1) is 13.5. The Kier molecular flexibility index (Phi) is 4.46. The topological polar surface area (TPSA) is 123 Å². The van der Waals surface area contributed by atoms with E-state index in [4.69, 9.17) is 11.6 Å². The molecule has 2 aromatic carbocycles. The van der Waals surface area contributed by atoms with Gasteiger partial charge in [-0.15, -0.1) is 0 Å². The van der Waals surface area contributed by atoms with Gasteiger partial charge in [0.1, 0.15) is 11.4 Å². The van der Waals surface area contributed by atoms with E-state index in [1.54, 1.807) is 6.07 Å². The van der Waals surface area contributed by atoms with E-state index in [0.29, 0.717) is 10.7 Å². The van der Waals surface area contributed by atoms with Crippen molar-refractivity contribution in [2.24, 2.45) is 0 Å². The van der Waals surface area contributed by atoms with Crippen LogP contribution in [-0.4, -0.2) is 32.1 Å². The molecule has 5 N–H and O–H groups in total. The van der Waals surface area contributed by atoms with Gasteiger partial charge >= 0.3 is 0 Å². The summed E-state index contributed by atoms with van der Waals surface area (Å²) >= 11 is 5.74. The van der Waals surface area contributed by atoms with E-state index in [0.717, 1.165) is 16.5 Å². The number of rotatable bonds is 3. The number of nitrogens with zero attached hydrogens (tertiary/aromatic N) is 1. The van der Waals surface area contributed by atoms with Crippen molar-refractivity contribution < 1.29 is 14.7 Å². The Labute approximate surface area is 163 Å². The summed E-state index contributed by atoms with van der Waals surface area (Å²) in [5.74, 6) is -1.55. The van der Waals surface area contributed by atoms with E-state index >= 15 is 0 Å². The van der Waals surface area contributed by atoms with Gasteiger partial charge in [-0.2, -0.15) is 5.10 Å². The zero-order chi connectivity index (χ0) is 19.7. The standard InChI is InChI=1S/C19H14ClN5O3/c20-10-5-6-12(17(26)7-10)18(27)24-25-19(28)16-8-15(22-23-16)13-9-21-14-4-2-1-3-11(13)14/h1-9,21,26H,(H,22,23)(H,24,27)(H,25,28). The number of benzene rings is 2. The predicted molar refractivity (Wildman–Crippen MR) is 104 cm³/mol. The summed E-state index contributed by atoms with van der Waals surface area (Å²) in [4.78, 5) is 27.5. The highest BCUT2D eigenvalue weighted by Crippen LogP contribution is 2.27. The number of carbonyl (C=O) groups is 2. The van der Waals surface area contributed by atoms with Crippen LogP contribution in [0.25, 0.3) is 22.2 Å². The molecule has 0 saturated carbocycles. The third-order valence-electron chi connectivity index (χ3n) is 4.18. The molecule has 0 spiro atoms. The second-order valence-electron chi connectivity index (χ2n) is 5.98. The van der Waals surface area contributed by atoms with Gasteiger partial charge in [-0.05, 0) is 30.3 Å². The summed E-state index contributed by atoms with van der Waals surface area (Å²) in [6, 6.07) is 13.4. The SMILES string of the molecule is O=C(NNC(=O)c1ccc(Cl)cc1O)c1cc(-c2c[nH]c3ccccc23)n[nH]1. The Morgan fingerprint density at radius 2 is 1.82 bits per heavy atom. The van der Waals surface area contributed by atoms with Gasteiger partial charge < -0.3 is 10.1 Å². The molecule has 28 heavy (non-hydrogen) atoms. The van der Waals surface area contributed by atoms with Crippen molar-refractivity contribution in [2.45, 2.75) is 0 Å². The molecule has 2 heterocycles. The third-order valence-corrected chi connectivity index (χ3v) is 4.42. The van der Waals surface area contributed by atoms with Gasteiger partial charge in [0.2, 0.25) is 0 Å². The van der Waals surface area contributed by atoms with Crippen molar-refractivity contribution in [2.75, 3.05) is 0 Å². The Bertz CT molecular complexity index is 1200. The largest absolute Gasteiger partial charge is 0.507 e. The van der Waals surface area contributed by atoms with E-state index in [9.17, 15) is 14.7 Å². The van der Waals surface area contributed by atoms with E-state index in [1.807, 2.05) is 30.5 Å². The predicted octanol–water partition coefficient (Wildman–Crippen LogP) is 2.99. The zero-order valence-corrected chi connectivity index (χ0v) is 15.0. The molecule has 8 nitrogen and oxygen atoms in total. The molecule has 0 atom stereocenters. The number of hydrazine groups is 1. The number of nitrogens with one attached hydrogen (secondary N) is 4. The van der Waals surface area contributed by atoms with Crippen LogP contribution < -0.4 is 10.9 Å². The van der Waals surface area contributed by atoms with Crippen LogP contribution in [0.4, 0.5) is 0 Å². The first-order valence-corrected chi connectivity index (χ1v) is 8.62. The molecule has 2 aromatic heterocycles. The fourth-order valence-corrected chi connectivity index (χ4v) is 2.97. The number of aromatic amines is 2. The number of aromatic hydroxyl groups is 1. The molecular weight excluding hydrogens is 382 g/mol. The number of halogens is 1. The summed E-state index contributed by atoms with van der Waals surface area (Å²) in [7, 11) is 0. The van der Waals surface area contributed by atoms with Gasteiger partial charge in [-0.1, -0.05) is 29.8 Å². The van der Waals surface area contributed by atoms with Crippen LogP contribution in [0.3, 0.4) is 0 Å². The van der Waals surface area contributed by atoms with Crippen LogP contribution in [0, 0.1) is 0 Å². The highest BCUT2D eigenvalue weighted by Gasteiger charge is 2.16.